The second-order valence-electron chi connectivity index (χ2n) is 5.59. The molecule has 20 heavy (non-hydrogen) atoms. The third kappa shape index (κ3) is 3.33. The molecule has 1 fully saturated rings. The van der Waals surface area contributed by atoms with Crippen molar-refractivity contribution in [2.75, 3.05) is 6.61 Å². The molecule has 1 aliphatic rings. The van der Waals surface area contributed by atoms with Crippen molar-refractivity contribution in [3.63, 3.8) is 0 Å². The Labute approximate surface area is 128 Å². The lowest BCUT2D eigenvalue weighted by Gasteiger charge is -2.38. The SMILES string of the molecule is Cc1nc(Cl)sc1S(=O)(=O)NC1(CO)CCCC(C)C1. The second-order valence-corrected chi connectivity index (χ2v) is 9.04. The average molecular weight is 339 g/mol. The van der Waals surface area contributed by atoms with Crippen LogP contribution in [-0.4, -0.2) is 30.7 Å². The van der Waals surface area contributed by atoms with Crippen molar-refractivity contribution in [3.8, 4) is 0 Å². The minimum atomic E-state index is -3.70. The van der Waals surface area contributed by atoms with E-state index in [0.717, 1.165) is 24.2 Å². The van der Waals surface area contributed by atoms with Crippen LogP contribution in [0.1, 0.15) is 38.3 Å². The summed E-state index contributed by atoms with van der Waals surface area (Å²) in [7, 11) is -3.70. The minimum absolute atomic E-state index is 0.133. The van der Waals surface area contributed by atoms with E-state index in [1.54, 1.807) is 6.92 Å². The number of nitrogens with one attached hydrogen (secondary N) is 1. The molecule has 1 aromatic rings. The van der Waals surface area contributed by atoms with Gasteiger partial charge in [0.05, 0.1) is 17.8 Å². The second kappa shape index (κ2) is 5.88. The number of aromatic nitrogens is 1. The number of halogens is 1. The summed E-state index contributed by atoms with van der Waals surface area (Å²) in [6.45, 7) is 3.50. The number of thiazole rings is 1. The summed E-state index contributed by atoms with van der Waals surface area (Å²) in [6, 6.07) is 0. The van der Waals surface area contributed by atoms with Crippen LogP contribution in [0, 0.1) is 12.8 Å². The number of nitrogens with zero attached hydrogens (tertiary/aromatic N) is 1. The molecule has 114 valence electrons. The van der Waals surface area contributed by atoms with Crippen molar-refractivity contribution in [3.05, 3.63) is 10.2 Å². The summed E-state index contributed by atoms with van der Waals surface area (Å²) < 4.78 is 28.0. The van der Waals surface area contributed by atoms with E-state index < -0.39 is 15.6 Å². The van der Waals surface area contributed by atoms with Gasteiger partial charge in [-0.1, -0.05) is 42.7 Å². The van der Waals surface area contributed by atoms with Crippen LogP contribution in [0.25, 0.3) is 0 Å². The number of aliphatic hydroxyl groups excluding tert-OH is 1. The predicted octanol–water partition coefficient (Wildman–Crippen LogP) is 2.32. The maximum absolute atomic E-state index is 12.5. The minimum Gasteiger partial charge on any atom is -0.394 e. The van der Waals surface area contributed by atoms with Crippen LogP contribution in [0.2, 0.25) is 4.47 Å². The van der Waals surface area contributed by atoms with Gasteiger partial charge in [0, 0.05) is 0 Å². The largest absolute Gasteiger partial charge is 0.394 e. The standard InChI is InChI=1S/C12H19ClN2O3S2/c1-8-4-3-5-12(6-8,7-16)15-20(17,18)10-9(2)14-11(13)19-10/h8,15-16H,3-7H2,1-2H3. The molecule has 0 radical (unpaired) electrons. The maximum atomic E-state index is 12.5. The first kappa shape index (κ1) is 16.2. The molecule has 0 saturated heterocycles. The molecule has 1 aromatic heterocycles. The van der Waals surface area contributed by atoms with Gasteiger partial charge in [-0.05, 0) is 25.7 Å². The summed E-state index contributed by atoms with van der Waals surface area (Å²) in [6.07, 6.45) is 3.27. The number of aliphatic hydroxyl groups is 1. The van der Waals surface area contributed by atoms with Crippen LogP contribution >= 0.6 is 22.9 Å². The number of rotatable bonds is 4. The van der Waals surface area contributed by atoms with Gasteiger partial charge in [-0.3, -0.25) is 0 Å². The Bertz CT molecular complexity index is 588. The Balaban J connectivity index is 2.28. The molecule has 0 bridgehead atoms. The average Bonchev–Trinajstić information content (AvgIpc) is 2.69. The topological polar surface area (TPSA) is 79.3 Å². The number of hydrogen-bond donors (Lipinski definition) is 2. The number of hydrogen-bond acceptors (Lipinski definition) is 5. The van der Waals surface area contributed by atoms with Crippen LogP contribution in [0.3, 0.4) is 0 Å². The lowest BCUT2D eigenvalue weighted by molar-refractivity contribution is 0.120. The smallest absolute Gasteiger partial charge is 0.252 e. The van der Waals surface area contributed by atoms with Crippen molar-refractivity contribution in [2.45, 2.75) is 49.3 Å². The fourth-order valence-electron chi connectivity index (χ4n) is 2.86. The van der Waals surface area contributed by atoms with Crippen molar-refractivity contribution >= 4 is 33.0 Å². The van der Waals surface area contributed by atoms with E-state index in [1.165, 1.54) is 0 Å². The molecule has 5 nitrogen and oxygen atoms in total. The molecule has 1 heterocycles. The van der Waals surface area contributed by atoms with Crippen LogP contribution < -0.4 is 4.72 Å². The molecule has 0 aromatic carbocycles. The van der Waals surface area contributed by atoms with Crippen LogP contribution in [0.4, 0.5) is 0 Å². The van der Waals surface area contributed by atoms with Crippen molar-refractivity contribution in [2.24, 2.45) is 5.92 Å². The highest BCUT2D eigenvalue weighted by atomic mass is 35.5. The molecule has 2 atom stereocenters. The monoisotopic (exact) mass is 338 g/mol. The molecule has 0 aliphatic heterocycles. The normalized spacial score (nSPS) is 27.7. The molecular weight excluding hydrogens is 320 g/mol. The zero-order chi connectivity index (χ0) is 15.0. The Hall–Kier alpha value is -0.210. The van der Waals surface area contributed by atoms with Gasteiger partial charge in [0.25, 0.3) is 10.0 Å². The molecule has 2 N–H and O–H groups in total. The zero-order valence-corrected chi connectivity index (χ0v) is 13.9. The van der Waals surface area contributed by atoms with Crippen LogP contribution in [-0.2, 0) is 10.0 Å². The summed E-state index contributed by atoms with van der Waals surface area (Å²) in [5.41, 5.74) is -0.371. The van der Waals surface area contributed by atoms with Crippen molar-refractivity contribution < 1.29 is 13.5 Å². The van der Waals surface area contributed by atoms with Gasteiger partial charge in [-0.25, -0.2) is 18.1 Å². The lowest BCUT2D eigenvalue weighted by Crippen LogP contribution is -2.53. The zero-order valence-electron chi connectivity index (χ0n) is 11.5. The first-order valence-electron chi connectivity index (χ1n) is 6.56. The summed E-state index contributed by atoms with van der Waals surface area (Å²) in [4.78, 5) is 3.94. The molecule has 0 spiro atoms. The fraction of sp³-hybridized carbons (Fsp3) is 0.750. The molecule has 2 rings (SSSR count). The molecule has 1 aliphatic carbocycles. The van der Waals surface area contributed by atoms with Crippen molar-refractivity contribution in [1.82, 2.24) is 9.71 Å². The van der Waals surface area contributed by atoms with Crippen LogP contribution in [0.5, 0.6) is 0 Å². The van der Waals surface area contributed by atoms with Gasteiger partial charge in [0.1, 0.15) is 0 Å². The van der Waals surface area contributed by atoms with Gasteiger partial charge < -0.3 is 5.11 Å². The third-order valence-corrected chi connectivity index (χ3v) is 7.17. The summed E-state index contributed by atoms with van der Waals surface area (Å²) in [5.74, 6) is 0.393. The van der Waals surface area contributed by atoms with E-state index in [4.69, 9.17) is 11.6 Å². The van der Waals surface area contributed by atoms with E-state index in [0.29, 0.717) is 24.5 Å². The van der Waals surface area contributed by atoms with Gasteiger partial charge in [-0.15, -0.1) is 0 Å². The Morgan fingerprint density at radius 2 is 2.30 bits per heavy atom. The van der Waals surface area contributed by atoms with Gasteiger partial charge in [0.2, 0.25) is 0 Å². The first-order chi connectivity index (χ1) is 9.28. The van der Waals surface area contributed by atoms with E-state index in [9.17, 15) is 13.5 Å². The molecular formula is C12H19ClN2O3S2. The lowest BCUT2D eigenvalue weighted by atomic mass is 9.78. The van der Waals surface area contributed by atoms with Gasteiger partial charge in [-0.2, -0.15) is 0 Å². The van der Waals surface area contributed by atoms with E-state index in [2.05, 4.69) is 16.6 Å². The van der Waals surface area contributed by atoms with Crippen molar-refractivity contribution in [1.29, 1.82) is 0 Å². The summed E-state index contributed by atoms with van der Waals surface area (Å²) >= 11 is 6.71. The highest BCUT2D eigenvalue weighted by molar-refractivity contribution is 7.91. The van der Waals surface area contributed by atoms with Gasteiger partial charge in [0.15, 0.2) is 8.68 Å². The first-order valence-corrected chi connectivity index (χ1v) is 9.23. The van der Waals surface area contributed by atoms with E-state index in [-0.39, 0.29) is 15.3 Å². The summed E-state index contributed by atoms with van der Waals surface area (Å²) in [5, 5.41) is 9.68. The highest BCUT2D eigenvalue weighted by Gasteiger charge is 2.39. The van der Waals surface area contributed by atoms with Crippen LogP contribution in [0.15, 0.2) is 4.21 Å². The van der Waals surface area contributed by atoms with E-state index in [1.807, 2.05) is 0 Å². The number of sulfonamides is 1. The quantitative estimate of drug-likeness (QED) is 0.883. The molecule has 1 saturated carbocycles. The maximum Gasteiger partial charge on any atom is 0.252 e. The van der Waals surface area contributed by atoms with E-state index >= 15 is 0 Å². The number of aryl methyl sites for hydroxylation is 1. The predicted molar refractivity (Wildman–Crippen MR) is 79.6 cm³/mol. The highest BCUT2D eigenvalue weighted by Crippen LogP contribution is 2.34. The molecule has 0 amide bonds. The fourth-order valence-corrected chi connectivity index (χ4v) is 6.03. The molecule has 8 heteroatoms. The Morgan fingerprint density at radius 3 is 2.80 bits per heavy atom. The third-order valence-electron chi connectivity index (χ3n) is 3.72. The Morgan fingerprint density at radius 1 is 1.60 bits per heavy atom. The Kier molecular flexibility index (Phi) is 4.76. The van der Waals surface area contributed by atoms with Gasteiger partial charge >= 0.3 is 0 Å². The molecule has 2 unspecified atom stereocenters.